The lowest BCUT2D eigenvalue weighted by molar-refractivity contribution is -0.117. The summed E-state index contributed by atoms with van der Waals surface area (Å²) in [6.07, 6.45) is 3.78. The van der Waals surface area contributed by atoms with E-state index in [0.717, 1.165) is 37.9 Å². The van der Waals surface area contributed by atoms with Crippen LogP contribution in [0.3, 0.4) is 0 Å². The van der Waals surface area contributed by atoms with Crippen LogP contribution in [0.5, 0.6) is 0 Å². The predicted molar refractivity (Wildman–Crippen MR) is 113 cm³/mol. The van der Waals surface area contributed by atoms with E-state index < -0.39 is 11.9 Å². The molecule has 1 aromatic rings. The Hall–Kier alpha value is -3.14. The highest BCUT2D eigenvalue weighted by atomic mass is 32.2. The molecule has 0 unspecified atom stereocenters. The number of hydrogen-bond donors (Lipinski definition) is 2. The first-order valence-corrected chi connectivity index (χ1v) is 10.8. The molecule has 4 rings (SSSR count). The minimum Gasteiger partial charge on any atom is -0.341 e. The number of rotatable bonds is 4. The zero-order chi connectivity index (χ0) is 21.1. The van der Waals surface area contributed by atoms with E-state index in [9.17, 15) is 14.4 Å². The van der Waals surface area contributed by atoms with Gasteiger partial charge in [0, 0.05) is 19.3 Å². The Kier molecular flexibility index (Phi) is 5.84. The topological polar surface area (TPSA) is 111 Å². The lowest BCUT2D eigenvalue weighted by Gasteiger charge is -2.17. The van der Waals surface area contributed by atoms with Crippen molar-refractivity contribution in [2.24, 2.45) is 0 Å². The molecule has 156 valence electrons. The van der Waals surface area contributed by atoms with Crippen LogP contribution in [0.4, 0.5) is 4.79 Å². The Labute approximate surface area is 177 Å². The fourth-order valence-electron chi connectivity index (χ4n) is 3.56. The molecule has 0 spiro atoms. The van der Waals surface area contributed by atoms with Gasteiger partial charge in [0.25, 0.3) is 5.56 Å². The Morgan fingerprint density at radius 1 is 1.17 bits per heavy atom. The third-order valence-corrected chi connectivity index (χ3v) is 5.96. The van der Waals surface area contributed by atoms with Gasteiger partial charge in [-0.15, -0.1) is 5.10 Å². The maximum Gasteiger partial charge on any atom is 0.321 e. The van der Waals surface area contributed by atoms with Crippen molar-refractivity contribution in [1.29, 1.82) is 0 Å². The van der Waals surface area contributed by atoms with Crippen LogP contribution in [0, 0.1) is 0 Å². The molecule has 0 radical (unpaired) electrons. The van der Waals surface area contributed by atoms with E-state index in [1.807, 2.05) is 34.9 Å². The fraction of sp³-hybridized carbons (Fsp3) is 0.350. The second kappa shape index (κ2) is 8.70. The van der Waals surface area contributed by atoms with E-state index >= 15 is 0 Å². The highest BCUT2D eigenvalue weighted by Gasteiger charge is 2.27. The third kappa shape index (κ3) is 3.95. The Bertz CT molecular complexity index is 1110. The zero-order valence-corrected chi connectivity index (χ0v) is 17.4. The fourth-order valence-corrected chi connectivity index (χ4v) is 4.40. The first-order valence-electron chi connectivity index (χ1n) is 9.80. The molecule has 2 N–H and O–H groups in total. The average molecular weight is 427 g/mol. The molecule has 0 atom stereocenters. The van der Waals surface area contributed by atoms with Crippen molar-refractivity contribution in [3.05, 3.63) is 46.4 Å². The van der Waals surface area contributed by atoms with Gasteiger partial charge in [-0.25, -0.2) is 9.78 Å². The molecular formula is C20H22N6O3S. The van der Waals surface area contributed by atoms with E-state index in [1.54, 1.807) is 0 Å². The van der Waals surface area contributed by atoms with Crippen LogP contribution in [-0.4, -0.2) is 44.1 Å². The number of carbonyl (C=O) groups is 2. The maximum absolute atomic E-state index is 13.2. The van der Waals surface area contributed by atoms with Gasteiger partial charge in [-0.2, -0.15) is 4.68 Å². The van der Waals surface area contributed by atoms with E-state index in [-0.39, 0.29) is 11.3 Å². The number of urea groups is 1. The molecule has 0 saturated heterocycles. The summed E-state index contributed by atoms with van der Waals surface area (Å²) in [5.74, 6) is 0.00407. The van der Waals surface area contributed by atoms with Crippen LogP contribution in [0.15, 0.2) is 40.3 Å². The van der Waals surface area contributed by atoms with Gasteiger partial charge >= 0.3 is 6.03 Å². The normalized spacial score (nSPS) is 13.5. The molecule has 0 aliphatic carbocycles. The van der Waals surface area contributed by atoms with Crippen molar-refractivity contribution in [3.8, 4) is 17.1 Å². The maximum atomic E-state index is 13.2. The molecule has 3 aliphatic heterocycles. The lowest BCUT2D eigenvalue weighted by Crippen LogP contribution is -2.38. The summed E-state index contributed by atoms with van der Waals surface area (Å²) >= 11 is 1.24. The number of aromatic nitrogens is 4. The molecule has 0 aromatic heterocycles. The third-order valence-electron chi connectivity index (χ3n) is 4.98. The molecule has 9 nitrogen and oxygen atoms in total. The first-order chi connectivity index (χ1) is 14.6. The van der Waals surface area contributed by atoms with Gasteiger partial charge in [0.2, 0.25) is 5.91 Å². The SMILES string of the molecule is CNC(=O)NC(=O)CSc1nc2nn(-c3ccccc3)c(=O)c-2c2n1CCCCC2. The smallest absolute Gasteiger partial charge is 0.321 e. The summed E-state index contributed by atoms with van der Waals surface area (Å²) in [6.45, 7) is 0.730. The number of nitrogens with zero attached hydrogens (tertiary/aromatic N) is 4. The van der Waals surface area contributed by atoms with Gasteiger partial charge in [-0.3, -0.25) is 14.9 Å². The summed E-state index contributed by atoms with van der Waals surface area (Å²) < 4.78 is 3.42. The largest absolute Gasteiger partial charge is 0.341 e. The standard InChI is InChI=1S/C20H22N6O3S/c1-21-19(29)22-15(27)12-30-20-23-17-16(14-10-6-3-7-11-25(14)20)18(28)26(24-17)13-8-4-2-5-9-13/h2,4-5,8-9H,3,6-7,10-12H2,1H3,(H2,21,22,27,29). The van der Waals surface area contributed by atoms with Crippen molar-refractivity contribution in [1.82, 2.24) is 30.0 Å². The van der Waals surface area contributed by atoms with E-state index in [0.29, 0.717) is 22.2 Å². The molecule has 0 fully saturated rings. The quantitative estimate of drug-likeness (QED) is 0.486. The Morgan fingerprint density at radius 2 is 1.97 bits per heavy atom. The lowest BCUT2D eigenvalue weighted by atomic mass is 10.1. The highest BCUT2D eigenvalue weighted by molar-refractivity contribution is 7.99. The molecule has 30 heavy (non-hydrogen) atoms. The van der Waals surface area contributed by atoms with E-state index in [4.69, 9.17) is 0 Å². The number of carbonyl (C=O) groups excluding carboxylic acids is 2. The molecule has 0 saturated carbocycles. The number of benzene rings is 1. The number of fused-ring (bicyclic) bond motifs is 3. The highest BCUT2D eigenvalue weighted by Crippen LogP contribution is 2.30. The van der Waals surface area contributed by atoms with Crippen molar-refractivity contribution < 1.29 is 9.59 Å². The van der Waals surface area contributed by atoms with Gasteiger partial charge < -0.3 is 9.88 Å². The van der Waals surface area contributed by atoms with Crippen molar-refractivity contribution in [2.45, 2.75) is 37.4 Å². The van der Waals surface area contributed by atoms with Gasteiger partial charge in [-0.1, -0.05) is 36.4 Å². The number of thioether (sulfide) groups is 1. The first kappa shape index (κ1) is 20.1. The minimum atomic E-state index is -0.548. The van der Waals surface area contributed by atoms with Gasteiger partial charge in [0.05, 0.1) is 11.4 Å². The van der Waals surface area contributed by atoms with Crippen LogP contribution in [0.25, 0.3) is 17.1 Å². The monoisotopic (exact) mass is 426 g/mol. The molecule has 1 aromatic carbocycles. The zero-order valence-electron chi connectivity index (χ0n) is 16.6. The summed E-state index contributed by atoms with van der Waals surface area (Å²) in [7, 11) is 1.45. The average Bonchev–Trinajstić information content (AvgIpc) is 2.92. The number of amides is 3. The van der Waals surface area contributed by atoms with Crippen LogP contribution in [0.2, 0.25) is 0 Å². The summed E-state index contributed by atoms with van der Waals surface area (Å²) in [5, 5.41) is 9.70. The second-order valence-corrected chi connectivity index (χ2v) is 7.91. The number of hydrogen-bond acceptors (Lipinski definition) is 6. The molecule has 0 bridgehead atoms. The van der Waals surface area contributed by atoms with Crippen molar-refractivity contribution in [3.63, 3.8) is 0 Å². The summed E-state index contributed by atoms with van der Waals surface area (Å²) in [5.41, 5.74) is 1.97. The van der Waals surface area contributed by atoms with Crippen LogP contribution < -0.4 is 16.2 Å². The Balaban J connectivity index is 1.75. The van der Waals surface area contributed by atoms with Gasteiger partial charge in [0.1, 0.15) is 5.56 Å². The van der Waals surface area contributed by atoms with Crippen LogP contribution in [0.1, 0.15) is 25.0 Å². The molecule has 3 amide bonds. The summed E-state index contributed by atoms with van der Waals surface area (Å²) in [4.78, 5) is 41.2. The molecular weight excluding hydrogens is 404 g/mol. The van der Waals surface area contributed by atoms with Gasteiger partial charge in [-0.05, 0) is 31.4 Å². The van der Waals surface area contributed by atoms with E-state index in [2.05, 4.69) is 20.7 Å². The molecule has 10 heteroatoms. The number of nitrogens with one attached hydrogen (secondary N) is 2. The van der Waals surface area contributed by atoms with Crippen LogP contribution in [-0.2, 0) is 17.8 Å². The molecule has 3 aliphatic rings. The van der Waals surface area contributed by atoms with E-state index in [1.165, 1.54) is 23.5 Å². The van der Waals surface area contributed by atoms with Crippen molar-refractivity contribution in [2.75, 3.05) is 12.8 Å². The number of para-hydroxylation sites is 1. The van der Waals surface area contributed by atoms with Crippen LogP contribution >= 0.6 is 11.8 Å². The van der Waals surface area contributed by atoms with Gasteiger partial charge in [0.15, 0.2) is 11.0 Å². The summed E-state index contributed by atoms with van der Waals surface area (Å²) in [6, 6.07) is 8.71. The number of imide groups is 1. The second-order valence-electron chi connectivity index (χ2n) is 6.97. The van der Waals surface area contributed by atoms with Crippen molar-refractivity contribution >= 4 is 23.7 Å². The predicted octanol–water partition coefficient (Wildman–Crippen LogP) is 1.81. The molecule has 3 heterocycles. The Morgan fingerprint density at radius 3 is 2.73 bits per heavy atom. The minimum absolute atomic E-state index is 0.0367.